The number of hydrogen-bond acceptors (Lipinski definition) is 9. The Balaban J connectivity index is 1.66. The number of esters is 3. The van der Waals surface area contributed by atoms with Gasteiger partial charge in [-0.3, -0.25) is 4.79 Å². The summed E-state index contributed by atoms with van der Waals surface area (Å²) >= 11 is 6.19. The minimum atomic E-state index is -1.59. The monoisotopic (exact) mass is 470 g/mol. The second kappa shape index (κ2) is 7.83. The molecule has 0 amide bonds. The van der Waals surface area contributed by atoms with Crippen LogP contribution in [0.25, 0.3) is 0 Å². The maximum atomic E-state index is 12.7. The average molecular weight is 471 g/mol. The van der Waals surface area contributed by atoms with Crippen LogP contribution in [0.1, 0.15) is 27.2 Å². The Labute approximate surface area is 190 Å². The van der Waals surface area contributed by atoms with Crippen LogP contribution in [0, 0.1) is 17.8 Å². The van der Waals surface area contributed by atoms with Crippen LogP contribution in [0.15, 0.2) is 23.8 Å². The van der Waals surface area contributed by atoms with Crippen LogP contribution in [0.4, 0.5) is 0 Å². The molecule has 176 valence electrons. The fraction of sp³-hybridized carbons (Fsp3) is 0.682. The maximum Gasteiger partial charge on any atom is 0.334 e. The van der Waals surface area contributed by atoms with E-state index in [2.05, 4.69) is 6.58 Å². The van der Waals surface area contributed by atoms with Crippen LogP contribution < -0.4 is 0 Å². The molecule has 4 rings (SSSR count). The zero-order valence-electron chi connectivity index (χ0n) is 18.1. The van der Waals surface area contributed by atoms with Crippen LogP contribution in [0.3, 0.4) is 0 Å². The molecule has 32 heavy (non-hydrogen) atoms. The van der Waals surface area contributed by atoms with Crippen LogP contribution in [-0.2, 0) is 33.3 Å². The number of carbonyl (C=O) groups is 3. The molecular weight excluding hydrogens is 444 g/mol. The molecule has 9 atom stereocenters. The Morgan fingerprint density at radius 2 is 2.03 bits per heavy atom. The first-order chi connectivity index (χ1) is 14.9. The maximum absolute atomic E-state index is 12.7. The van der Waals surface area contributed by atoms with Crippen LogP contribution in [0.2, 0.25) is 0 Å². The molecular formula is C22H27ClO9. The van der Waals surface area contributed by atoms with Gasteiger partial charge in [-0.2, -0.15) is 0 Å². The van der Waals surface area contributed by atoms with E-state index in [9.17, 15) is 24.6 Å². The molecule has 2 heterocycles. The molecule has 2 saturated carbocycles. The largest absolute Gasteiger partial charge is 0.462 e. The van der Waals surface area contributed by atoms with Crippen molar-refractivity contribution in [2.75, 3.05) is 12.5 Å². The second-order valence-electron chi connectivity index (χ2n) is 9.26. The number of halogens is 1. The topological polar surface area (TPSA) is 132 Å². The summed E-state index contributed by atoms with van der Waals surface area (Å²) < 4.78 is 21.9. The van der Waals surface area contributed by atoms with Gasteiger partial charge in [0.2, 0.25) is 0 Å². The SMILES string of the molecule is C=C1C(=O)O[C@@H]2[C@@H]1[C@@H](OC(=O)/C(C)=C\COC(C)=O)C[C@@](O)(CCl)[C@H]1[C@@H](O)[C@@H]3O[C@]3(C)[C@@H]21. The highest BCUT2D eigenvalue weighted by molar-refractivity contribution is 6.18. The van der Waals surface area contributed by atoms with Gasteiger partial charge in [0, 0.05) is 36.3 Å². The minimum absolute atomic E-state index is 0.0969. The summed E-state index contributed by atoms with van der Waals surface area (Å²) in [5.74, 6) is -4.04. The molecule has 2 N–H and O–H groups in total. The molecule has 2 aliphatic carbocycles. The van der Waals surface area contributed by atoms with Crippen LogP contribution in [0.5, 0.6) is 0 Å². The summed E-state index contributed by atoms with van der Waals surface area (Å²) in [6.45, 7) is 8.31. The highest BCUT2D eigenvalue weighted by Gasteiger charge is 2.78. The number of hydrogen-bond donors (Lipinski definition) is 2. The number of carbonyl (C=O) groups excluding carboxylic acids is 3. The summed E-state index contributed by atoms with van der Waals surface area (Å²) in [4.78, 5) is 36.1. The quantitative estimate of drug-likeness (QED) is 0.195. The molecule has 0 radical (unpaired) electrons. The molecule has 2 aliphatic heterocycles. The lowest BCUT2D eigenvalue weighted by atomic mass is 9.74. The van der Waals surface area contributed by atoms with E-state index in [1.807, 2.05) is 0 Å². The fourth-order valence-electron chi connectivity index (χ4n) is 5.66. The third kappa shape index (κ3) is 3.46. The molecule has 0 aromatic heterocycles. The number of ether oxygens (including phenoxy) is 4. The van der Waals surface area contributed by atoms with Crippen LogP contribution >= 0.6 is 11.6 Å². The summed E-state index contributed by atoms with van der Waals surface area (Å²) in [7, 11) is 0. The van der Waals surface area contributed by atoms with E-state index in [0.29, 0.717) is 0 Å². The van der Waals surface area contributed by atoms with Gasteiger partial charge in [0.25, 0.3) is 0 Å². The molecule has 0 unspecified atom stereocenters. The van der Waals surface area contributed by atoms with E-state index in [1.165, 1.54) is 19.9 Å². The lowest BCUT2D eigenvalue weighted by molar-refractivity contribution is -0.152. The Bertz CT molecular complexity index is 900. The molecule has 0 spiro atoms. The van der Waals surface area contributed by atoms with Crippen molar-refractivity contribution in [3.8, 4) is 0 Å². The van der Waals surface area contributed by atoms with Gasteiger partial charge in [0.15, 0.2) is 0 Å². The second-order valence-corrected chi connectivity index (χ2v) is 9.53. The number of aliphatic hydroxyl groups excluding tert-OH is 1. The normalized spacial score (nSPS) is 44.7. The number of fused-ring (bicyclic) bond motifs is 5. The van der Waals surface area contributed by atoms with Crippen LogP contribution in [-0.4, -0.2) is 76.2 Å². The van der Waals surface area contributed by atoms with Gasteiger partial charge in [-0.05, 0) is 19.9 Å². The highest BCUT2D eigenvalue weighted by atomic mass is 35.5. The van der Waals surface area contributed by atoms with Crippen molar-refractivity contribution in [1.29, 1.82) is 0 Å². The van der Waals surface area contributed by atoms with E-state index in [-0.39, 0.29) is 30.1 Å². The van der Waals surface area contributed by atoms with Gasteiger partial charge >= 0.3 is 17.9 Å². The van der Waals surface area contributed by atoms with Gasteiger partial charge in [0.1, 0.15) is 30.5 Å². The van der Waals surface area contributed by atoms with E-state index in [0.717, 1.165) is 0 Å². The Kier molecular flexibility index (Phi) is 5.68. The van der Waals surface area contributed by atoms with Crippen molar-refractivity contribution in [3.05, 3.63) is 23.8 Å². The Hall–Kier alpha value is -1.94. The van der Waals surface area contributed by atoms with Crippen molar-refractivity contribution in [1.82, 2.24) is 0 Å². The third-order valence-corrected chi connectivity index (χ3v) is 7.76. The number of rotatable bonds is 5. The molecule has 0 aromatic rings. The van der Waals surface area contributed by atoms with Gasteiger partial charge in [-0.1, -0.05) is 6.58 Å². The number of alkyl halides is 1. The summed E-state index contributed by atoms with van der Waals surface area (Å²) in [6.07, 6.45) is -2.00. The first kappa shape index (κ1) is 23.2. The summed E-state index contributed by atoms with van der Waals surface area (Å²) in [6, 6.07) is 0. The van der Waals surface area contributed by atoms with E-state index in [1.54, 1.807) is 6.92 Å². The average Bonchev–Trinajstić information content (AvgIpc) is 3.28. The van der Waals surface area contributed by atoms with Crippen molar-refractivity contribution in [2.24, 2.45) is 17.8 Å². The first-order valence-corrected chi connectivity index (χ1v) is 11.0. The highest BCUT2D eigenvalue weighted by Crippen LogP contribution is 2.64. The first-order valence-electron chi connectivity index (χ1n) is 10.5. The molecule has 4 aliphatic rings. The summed E-state index contributed by atoms with van der Waals surface area (Å²) in [5.41, 5.74) is -2.07. The molecule has 0 bridgehead atoms. The molecule has 9 nitrogen and oxygen atoms in total. The van der Waals surface area contributed by atoms with Gasteiger partial charge in [0.05, 0.1) is 23.5 Å². The van der Waals surface area contributed by atoms with E-state index in [4.69, 9.17) is 30.5 Å². The fourth-order valence-corrected chi connectivity index (χ4v) is 5.95. The van der Waals surface area contributed by atoms with Gasteiger partial charge in [-0.15, -0.1) is 11.6 Å². The van der Waals surface area contributed by atoms with E-state index >= 15 is 0 Å². The van der Waals surface area contributed by atoms with Gasteiger partial charge in [-0.25, -0.2) is 9.59 Å². The number of epoxide rings is 1. The lowest BCUT2D eigenvalue weighted by Crippen LogP contribution is -2.51. The van der Waals surface area contributed by atoms with E-state index < -0.39 is 71.3 Å². The van der Waals surface area contributed by atoms with Crippen molar-refractivity contribution < 1.29 is 43.5 Å². The predicted octanol–water partition coefficient (Wildman–Crippen LogP) is 0.643. The van der Waals surface area contributed by atoms with Crippen molar-refractivity contribution in [3.63, 3.8) is 0 Å². The smallest absolute Gasteiger partial charge is 0.334 e. The van der Waals surface area contributed by atoms with Crippen molar-refractivity contribution >= 4 is 29.5 Å². The lowest BCUT2D eigenvalue weighted by Gasteiger charge is -2.39. The molecule has 0 aromatic carbocycles. The molecule has 4 fully saturated rings. The molecule has 10 heteroatoms. The van der Waals surface area contributed by atoms with Crippen molar-refractivity contribution in [2.45, 2.75) is 62.8 Å². The summed E-state index contributed by atoms with van der Waals surface area (Å²) in [5, 5.41) is 22.4. The molecule has 2 saturated heterocycles. The zero-order valence-corrected chi connectivity index (χ0v) is 18.8. The van der Waals surface area contributed by atoms with Gasteiger partial charge < -0.3 is 29.2 Å². The Morgan fingerprint density at radius 1 is 1.34 bits per heavy atom. The third-order valence-electron chi connectivity index (χ3n) is 7.29. The standard InChI is InChI=1S/C22H27ClO9/c1-9(5-6-29-11(3)24)19(26)30-12-7-22(28,8-23)14-15(21(4)18(32-21)16(14)25)17-13(12)10(2)20(27)31-17/h5,12-18,25,28H,2,6-8H2,1,3-4H3/b9-5-/t12-,13-,14+,15+,16+,17+,18-,21+,22+/m0/s1. The Morgan fingerprint density at radius 3 is 2.66 bits per heavy atom. The zero-order chi connectivity index (χ0) is 23.6. The number of aliphatic hydroxyl groups is 2. The minimum Gasteiger partial charge on any atom is -0.462 e. The predicted molar refractivity (Wildman–Crippen MR) is 109 cm³/mol.